The van der Waals surface area contributed by atoms with Crippen molar-refractivity contribution < 1.29 is 4.74 Å². The Morgan fingerprint density at radius 3 is 3.00 bits per heavy atom. The van der Waals surface area contributed by atoms with E-state index >= 15 is 0 Å². The van der Waals surface area contributed by atoms with E-state index in [2.05, 4.69) is 35.7 Å². The van der Waals surface area contributed by atoms with Gasteiger partial charge in [0, 0.05) is 18.8 Å². The summed E-state index contributed by atoms with van der Waals surface area (Å²) in [5.41, 5.74) is 0.880. The minimum absolute atomic E-state index is 0.435. The number of hydrogen-bond donors (Lipinski definition) is 1. The van der Waals surface area contributed by atoms with Crippen molar-refractivity contribution in [2.45, 2.75) is 26.4 Å². The van der Waals surface area contributed by atoms with E-state index in [-0.39, 0.29) is 0 Å². The standard InChI is InChI=1S/C11H17N3O/c1-4-5-15-11-8-12-6-10(14-11)7-13-9(2)3/h4,6,8-9,13H,1,5,7H2,2-3H3. The van der Waals surface area contributed by atoms with Crippen LogP contribution >= 0.6 is 0 Å². The molecule has 0 bridgehead atoms. The zero-order valence-corrected chi connectivity index (χ0v) is 9.23. The van der Waals surface area contributed by atoms with Gasteiger partial charge in [0.05, 0.1) is 11.9 Å². The Labute approximate surface area is 90.4 Å². The van der Waals surface area contributed by atoms with Crippen molar-refractivity contribution in [3.8, 4) is 5.88 Å². The Morgan fingerprint density at radius 1 is 1.53 bits per heavy atom. The van der Waals surface area contributed by atoms with Gasteiger partial charge in [-0.25, -0.2) is 4.98 Å². The maximum Gasteiger partial charge on any atom is 0.232 e. The highest BCUT2D eigenvalue weighted by Gasteiger charge is 2.00. The van der Waals surface area contributed by atoms with E-state index in [1.807, 2.05) is 0 Å². The van der Waals surface area contributed by atoms with Gasteiger partial charge in [-0.15, -0.1) is 0 Å². The van der Waals surface area contributed by atoms with Gasteiger partial charge < -0.3 is 10.1 Å². The third kappa shape index (κ3) is 4.56. The van der Waals surface area contributed by atoms with Gasteiger partial charge in [-0.2, -0.15) is 0 Å². The molecular formula is C11H17N3O. The zero-order chi connectivity index (χ0) is 11.1. The summed E-state index contributed by atoms with van der Waals surface area (Å²) in [7, 11) is 0. The number of nitrogens with zero attached hydrogens (tertiary/aromatic N) is 2. The largest absolute Gasteiger partial charge is 0.472 e. The second-order valence-electron chi connectivity index (χ2n) is 3.48. The van der Waals surface area contributed by atoms with Crippen molar-refractivity contribution in [1.82, 2.24) is 15.3 Å². The molecule has 0 unspecified atom stereocenters. The third-order valence-electron chi connectivity index (χ3n) is 1.70. The first kappa shape index (κ1) is 11.7. The highest BCUT2D eigenvalue weighted by molar-refractivity contribution is 5.08. The van der Waals surface area contributed by atoms with E-state index < -0.39 is 0 Å². The fourth-order valence-corrected chi connectivity index (χ4v) is 0.994. The van der Waals surface area contributed by atoms with E-state index in [1.165, 1.54) is 0 Å². The first-order valence-corrected chi connectivity index (χ1v) is 5.00. The van der Waals surface area contributed by atoms with E-state index in [9.17, 15) is 0 Å². The molecule has 0 atom stereocenters. The Morgan fingerprint density at radius 2 is 2.33 bits per heavy atom. The van der Waals surface area contributed by atoms with Crippen molar-refractivity contribution in [2.75, 3.05) is 6.61 Å². The molecule has 0 fully saturated rings. The number of aromatic nitrogens is 2. The quantitative estimate of drug-likeness (QED) is 0.719. The summed E-state index contributed by atoms with van der Waals surface area (Å²) in [5.74, 6) is 0.540. The molecule has 0 aliphatic carbocycles. The van der Waals surface area contributed by atoms with Crippen molar-refractivity contribution in [3.63, 3.8) is 0 Å². The van der Waals surface area contributed by atoms with Crippen molar-refractivity contribution in [1.29, 1.82) is 0 Å². The van der Waals surface area contributed by atoms with Gasteiger partial charge in [0.1, 0.15) is 6.61 Å². The number of rotatable bonds is 6. The summed E-state index contributed by atoms with van der Waals surface area (Å²) in [5, 5.41) is 3.27. The van der Waals surface area contributed by atoms with Crippen LogP contribution in [0.1, 0.15) is 19.5 Å². The van der Waals surface area contributed by atoms with Crippen LogP contribution in [-0.4, -0.2) is 22.6 Å². The maximum absolute atomic E-state index is 5.28. The number of ether oxygens (including phenoxy) is 1. The Bertz CT molecular complexity index is 312. The smallest absolute Gasteiger partial charge is 0.232 e. The molecule has 4 nitrogen and oxygen atoms in total. The molecule has 1 N–H and O–H groups in total. The number of nitrogens with one attached hydrogen (secondary N) is 1. The summed E-state index contributed by atoms with van der Waals surface area (Å²) >= 11 is 0. The first-order chi connectivity index (χ1) is 7.22. The van der Waals surface area contributed by atoms with Crippen molar-refractivity contribution in [3.05, 3.63) is 30.7 Å². The molecule has 1 aromatic heterocycles. The van der Waals surface area contributed by atoms with Gasteiger partial charge in [0.15, 0.2) is 0 Å². The Hall–Kier alpha value is -1.42. The molecule has 82 valence electrons. The van der Waals surface area contributed by atoms with Gasteiger partial charge in [0.2, 0.25) is 5.88 Å². The van der Waals surface area contributed by atoms with Crippen LogP contribution < -0.4 is 10.1 Å². The molecule has 1 heterocycles. The van der Waals surface area contributed by atoms with Crippen molar-refractivity contribution >= 4 is 0 Å². The van der Waals surface area contributed by atoms with Crippen LogP contribution in [-0.2, 0) is 6.54 Å². The molecule has 0 spiro atoms. The van der Waals surface area contributed by atoms with Crippen LogP contribution in [0, 0.1) is 0 Å². The normalized spacial score (nSPS) is 10.3. The summed E-state index contributed by atoms with van der Waals surface area (Å²) in [6.45, 7) is 8.91. The lowest BCUT2D eigenvalue weighted by Crippen LogP contribution is -2.22. The van der Waals surface area contributed by atoms with Crippen LogP contribution in [0.25, 0.3) is 0 Å². The summed E-state index contributed by atoms with van der Waals surface area (Å²) in [6.07, 6.45) is 5.01. The van der Waals surface area contributed by atoms with E-state index in [0.29, 0.717) is 25.1 Å². The molecule has 0 aliphatic rings. The lowest BCUT2D eigenvalue weighted by molar-refractivity contribution is 0.345. The fourth-order valence-electron chi connectivity index (χ4n) is 0.994. The van der Waals surface area contributed by atoms with Crippen LogP contribution in [0.4, 0.5) is 0 Å². The molecule has 0 aliphatic heterocycles. The molecule has 0 radical (unpaired) electrons. The van der Waals surface area contributed by atoms with Crippen LogP contribution in [0.3, 0.4) is 0 Å². The number of hydrogen-bond acceptors (Lipinski definition) is 4. The Balaban J connectivity index is 2.53. The summed E-state index contributed by atoms with van der Waals surface area (Å²) < 4.78 is 5.28. The van der Waals surface area contributed by atoms with Gasteiger partial charge in [-0.3, -0.25) is 4.98 Å². The molecule has 1 aromatic rings. The average Bonchev–Trinajstić information content (AvgIpc) is 2.24. The molecular weight excluding hydrogens is 190 g/mol. The summed E-state index contributed by atoms with van der Waals surface area (Å²) in [6, 6.07) is 0.435. The minimum Gasteiger partial charge on any atom is -0.472 e. The molecule has 1 rings (SSSR count). The topological polar surface area (TPSA) is 47.0 Å². The predicted octanol–water partition coefficient (Wildman–Crippen LogP) is 1.54. The molecule has 0 saturated carbocycles. The summed E-state index contributed by atoms with van der Waals surface area (Å²) in [4.78, 5) is 8.34. The minimum atomic E-state index is 0.435. The SMILES string of the molecule is C=CCOc1cncc(CNC(C)C)n1. The molecule has 0 saturated heterocycles. The highest BCUT2D eigenvalue weighted by atomic mass is 16.5. The van der Waals surface area contributed by atoms with Gasteiger partial charge >= 0.3 is 0 Å². The predicted molar refractivity (Wildman–Crippen MR) is 59.7 cm³/mol. The zero-order valence-electron chi connectivity index (χ0n) is 9.23. The maximum atomic E-state index is 5.28. The van der Waals surface area contributed by atoms with Crippen LogP contribution in [0.5, 0.6) is 5.88 Å². The lowest BCUT2D eigenvalue weighted by Gasteiger charge is -2.08. The highest BCUT2D eigenvalue weighted by Crippen LogP contribution is 2.04. The van der Waals surface area contributed by atoms with Crippen LogP contribution in [0.15, 0.2) is 25.0 Å². The Kier molecular flexibility index (Phi) is 4.77. The van der Waals surface area contributed by atoms with Gasteiger partial charge in [-0.05, 0) is 0 Å². The lowest BCUT2D eigenvalue weighted by atomic mass is 10.3. The molecule has 15 heavy (non-hydrogen) atoms. The first-order valence-electron chi connectivity index (χ1n) is 5.00. The van der Waals surface area contributed by atoms with E-state index in [1.54, 1.807) is 18.5 Å². The second kappa shape index (κ2) is 6.14. The van der Waals surface area contributed by atoms with Gasteiger partial charge in [-0.1, -0.05) is 26.5 Å². The van der Waals surface area contributed by atoms with E-state index in [4.69, 9.17) is 4.74 Å². The van der Waals surface area contributed by atoms with Crippen molar-refractivity contribution in [2.24, 2.45) is 0 Å². The van der Waals surface area contributed by atoms with E-state index in [0.717, 1.165) is 5.69 Å². The monoisotopic (exact) mass is 207 g/mol. The fraction of sp³-hybridized carbons (Fsp3) is 0.455. The van der Waals surface area contributed by atoms with Crippen LogP contribution in [0.2, 0.25) is 0 Å². The van der Waals surface area contributed by atoms with Gasteiger partial charge in [0.25, 0.3) is 0 Å². The molecule has 4 heteroatoms. The molecule has 0 amide bonds. The average molecular weight is 207 g/mol. The second-order valence-corrected chi connectivity index (χ2v) is 3.48. The molecule has 0 aromatic carbocycles. The third-order valence-corrected chi connectivity index (χ3v) is 1.70.